The third kappa shape index (κ3) is 2.00. The van der Waals surface area contributed by atoms with Gasteiger partial charge < -0.3 is 15.6 Å². The van der Waals surface area contributed by atoms with Crippen molar-refractivity contribution in [3.8, 4) is 11.5 Å². The van der Waals surface area contributed by atoms with Crippen molar-refractivity contribution in [1.29, 1.82) is 0 Å². The molecule has 0 saturated heterocycles. The summed E-state index contributed by atoms with van der Waals surface area (Å²) in [6, 6.07) is 1.99. The summed E-state index contributed by atoms with van der Waals surface area (Å²) in [5, 5.41) is 10.6. The number of methoxy groups -OCH3 is 1. The zero-order valence-electron chi connectivity index (χ0n) is 11.7. The number of aromatic hydroxyl groups is 1. The summed E-state index contributed by atoms with van der Waals surface area (Å²) in [5.74, 6) is 1.36. The van der Waals surface area contributed by atoms with Crippen LogP contribution in [0, 0.1) is 0 Å². The monoisotopic (exact) mass is 261 g/mol. The van der Waals surface area contributed by atoms with Gasteiger partial charge in [-0.05, 0) is 44.6 Å². The van der Waals surface area contributed by atoms with Crippen molar-refractivity contribution >= 4 is 0 Å². The molecule has 0 bridgehead atoms. The molecular formula is C16H23NO2. The minimum Gasteiger partial charge on any atom is -0.507 e. The van der Waals surface area contributed by atoms with Crippen LogP contribution in [0.3, 0.4) is 0 Å². The summed E-state index contributed by atoms with van der Waals surface area (Å²) in [5.41, 5.74) is 9.34. The number of rotatable bonds is 2. The molecule has 3 rings (SSSR count). The van der Waals surface area contributed by atoms with Crippen LogP contribution in [0.15, 0.2) is 6.07 Å². The Morgan fingerprint density at radius 3 is 2.37 bits per heavy atom. The first-order chi connectivity index (χ1) is 9.15. The quantitative estimate of drug-likeness (QED) is 0.860. The van der Waals surface area contributed by atoms with Crippen molar-refractivity contribution in [2.24, 2.45) is 5.73 Å². The zero-order chi connectivity index (χ0) is 13.5. The maximum Gasteiger partial charge on any atom is 0.124 e. The molecule has 1 fully saturated rings. The van der Waals surface area contributed by atoms with Gasteiger partial charge in [-0.2, -0.15) is 0 Å². The highest BCUT2D eigenvalue weighted by Gasteiger charge is 2.36. The lowest BCUT2D eigenvalue weighted by Crippen LogP contribution is -2.33. The van der Waals surface area contributed by atoms with E-state index in [1.807, 2.05) is 6.07 Å². The van der Waals surface area contributed by atoms with Gasteiger partial charge in [-0.1, -0.05) is 12.8 Å². The highest BCUT2D eigenvalue weighted by atomic mass is 16.5. The molecule has 1 aromatic carbocycles. The molecule has 0 heterocycles. The number of benzene rings is 1. The molecule has 3 nitrogen and oxygen atoms in total. The second-order valence-electron chi connectivity index (χ2n) is 6.00. The van der Waals surface area contributed by atoms with Crippen molar-refractivity contribution in [3.05, 3.63) is 22.8 Å². The van der Waals surface area contributed by atoms with Crippen LogP contribution in [-0.4, -0.2) is 12.2 Å². The molecule has 0 amide bonds. The Bertz CT molecular complexity index is 490. The topological polar surface area (TPSA) is 55.5 Å². The van der Waals surface area contributed by atoms with Crippen molar-refractivity contribution in [2.75, 3.05) is 7.11 Å². The summed E-state index contributed by atoms with van der Waals surface area (Å²) in [6.07, 6.45) is 8.49. The molecule has 0 aromatic heterocycles. The van der Waals surface area contributed by atoms with Gasteiger partial charge in [0.05, 0.1) is 7.11 Å². The third-order valence-electron chi connectivity index (χ3n) is 4.83. The van der Waals surface area contributed by atoms with Crippen LogP contribution < -0.4 is 10.5 Å². The fraction of sp³-hybridized carbons (Fsp3) is 0.625. The summed E-state index contributed by atoms with van der Waals surface area (Å²) in [7, 11) is 1.71. The fourth-order valence-corrected chi connectivity index (χ4v) is 3.72. The van der Waals surface area contributed by atoms with E-state index in [1.165, 1.54) is 12.0 Å². The van der Waals surface area contributed by atoms with Gasteiger partial charge in [-0.15, -0.1) is 0 Å². The van der Waals surface area contributed by atoms with E-state index in [1.54, 1.807) is 7.11 Å². The summed E-state index contributed by atoms with van der Waals surface area (Å²) < 4.78 is 5.55. The smallest absolute Gasteiger partial charge is 0.124 e. The molecule has 0 radical (unpaired) electrons. The number of ether oxygens (including phenoxy) is 1. The third-order valence-corrected chi connectivity index (χ3v) is 4.83. The predicted molar refractivity (Wildman–Crippen MR) is 75.6 cm³/mol. The minimum atomic E-state index is -0.357. The second-order valence-corrected chi connectivity index (χ2v) is 6.00. The van der Waals surface area contributed by atoms with Crippen LogP contribution in [0.2, 0.25) is 0 Å². The first-order valence-corrected chi connectivity index (χ1v) is 7.37. The molecule has 1 aromatic rings. The zero-order valence-corrected chi connectivity index (χ0v) is 11.7. The van der Waals surface area contributed by atoms with E-state index in [9.17, 15) is 5.11 Å². The Labute approximate surface area is 114 Å². The number of nitrogens with two attached hydrogens (primary N) is 1. The summed E-state index contributed by atoms with van der Waals surface area (Å²) in [4.78, 5) is 0. The largest absolute Gasteiger partial charge is 0.507 e. The Kier molecular flexibility index (Phi) is 3.17. The van der Waals surface area contributed by atoms with Crippen LogP contribution in [0.25, 0.3) is 0 Å². The molecule has 19 heavy (non-hydrogen) atoms. The second kappa shape index (κ2) is 4.71. The SMILES string of the molecule is COc1cc(C2(N)CCCC2)c(O)c2c1CCCC2. The van der Waals surface area contributed by atoms with Crippen molar-refractivity contribution in [2.45, 2.75) is 56.9 Å². The van der Waals surface area contributed by atoms with Crippen LogP contribution in [-0.2, 0) is 18.4 Å². The Hall–Kier alpha value is -1.22. The Morgan fingerprint density at radius 1 is 1.11 bits per heavy atom. The van der Waals surface area contributed by atoms with Crippen LogP contribution in [0.4, 0.5) is 0 Å². The van der Waals surface area contributed by atoms with Gasteiger partial charge in [0.1, 0.15) is 11.5 Å². The standard InChI is InChI=1S/C16H23NO2/c1-19-14-10-13(16(17)8-4-5-9-16)15(18)12-7-3-2-6-11(12)14/h10,18H,2-9,17H2,1H3. The van der Waals surface area contributed by atoms with Crippen LogP contribution >= 0.6 is 0 Å². The lowest BCUT2D eigenvalue weighted by atomic mass is 9.82. The van der Waals surface area contributed by atoms with Gasteiger partial charge >= 0.3 is 0 Å². The molecular weight excluding hydrogens is 238 g/mol. The van der Waals surface area contributed by atoms with E-state index in [2.05, 4.69) is 0 Å². The fourth-order valence-electron chi connectivity index (χ4n) is 3.72. The molecule has 0 spiro atoms. The summed E-state index contributed by atoms with van der Waals surface area (Å²) in [6.45, 7) is 0. The van der Waals surface area contributed by atoms with Gasteiger partial charge in [-0.3, -0.25) is 0 Å². The highest BCUT2D eigenvalue weighted by Crippen LogP contribution is 2.46. The number of fused-ring (bicyclic) bond motifs is 1. The molecule has 0 aliphatic heterocycles. The van der Waals surface area contributed by atoms with Crippen molar-refractivity contribution in [1.82, 2.24) is 0 Å². The van der Waals surface area contributed by atoms with Crippen molar-refractivity contribution in [3.63, 3.8) is 0 Å². The maximum absolute atomic E-state index is 10.6. The number of phenolic OH excluding ortho intramolecular Hbond substituents is 1. The molecule has 2 aliphatic rings. The molecule has 1 saturated carbocycles. The first kappa shape index (κ1) is 12.8. The number of phenols is 1. The van der Waals surface area contributed by atoms with Gasteiger partial charge in [0, 0.05) is 22.2 Å². The van der Waals surface area contributed by atoms with Crippen LogP contribution in [0.1, 0.15) is 55.2 Å². The van der Waals surface area contributed by atoms with Crippen molar-refractivity contribution < 1.29 is 9.84 Å². The minimum absolute atomic E-state index is 0.357. The predicted octanol–water partition coefficient (Wildman–Crippen LogP) is 3.01. The van der Waals surface area contributed by atoms with E-state index in [-0.39, 0.29) is 5.54 Å². The van der Waals surface area contributed by atoms with E-state index in [0.717, 1.165) is 61.8 Å². The molecule has 104 valence electrons. The Balaban J connectivity index is 2.15. The van der Waals surface area contributed by atoms with E-state index in [0.29, 0.717) is 5.75 Å². The first-order valence-electron chi connectivity index (χ1n) is 7.37. The molecule has 3 heteroatoms. The highest BCUT2D eigenvalue weighted by molar-refractivity contribution is 5.56. The lowest BCUT2D eigenvalue weighted by Gasteiger charge is -2.29. The average molecular weight is 261 g/mol. The average Bonchev–Trinajstić information content (AvgIpc) is 2.87. The molecule has 0 atom stereocenters. The lowest BCUT2D eigenvalue weighted by molar-refractivity contribution is 0.379. The van der Waals surface area contributed by atoms with Gasteiger partial charge in [-0.25, -0.2) is 0 Å². The summed E-state index contributed by atoms with van der Waals surface area (Å²) >= 11 is 0. The molecule has 0 unspecified atom stereocenters. The van der Waals surface area contributed by atoms with E-state index >= 15 is 0 Å². The van der Waals surface area contributed by atoms with Gasteiger partial charge in [0.25, 0.3) is 0 Å². The molecule has 2 aliphatic carbocycles. The number of hydrogen-bond donors (Lipinski definition) is 2. The number of hydrogen-bond acceptors (Lipinski definition) is 3. The van der Waals surface area contributed by atoms with Gasteiger partial charge in [0.2, 0.25) is 0 Å². The molecule has 3 N–H and O–H groups in total. The van der Waals surface area contributed by atoms with E-state index < -0.39 is 0 Å². The van der Waals surface area contributed by atoms with Gasteiger partial charge in [0.15, 0.2) is 0 Å². The van der Waals surface area contributed by atoms with E-state index in [4.69, 9.17) is 10.5 Å². The maximum atomic E-state index is 10.6. The van der Waals surface area contributed by atoms with Crippen LogP contribution in [0.5, 0.6) is 11.5 Å². The Morgan fingerprint density at radius 2 is 1.74 bits per heavy atom. The normalized spacial score (nSPS) is 21.2.